The molecule has 5 rings (SSSR count). The minimum Gasteiger partial charge on any atom is -0.493 e. The Bertz CT molecular complexity index is 1460. The molecule has 10 nitrogen and oxygen atoms in total. The Labute approximate surface area is 237 Å². The molecular weight excluding hydrogens is 535 g/mol. The van der Waals surface area contributed by atoms with Gasteiger partial charge in [-0.15, -0.1) is 0 Å². The van der Waals surface area contributed by atoms with Gasteiger partial charge >= 0.3 is 0 Å². The molecule has 1 fully saturated rings. The first-order valence-corrected chi connectivity index (χ1v) is 13.8. The van der Waals surface area contributed by atoms with Crippen molar-refractivity contribution >= 4 is 46.4 Å². The molecule has 2 aromatic carbocycles. The van der Waals surface area contributed by atoms with Gasteiger partial charge in [0.25, 0.3) is 5.91 Å². The number of fused-ring (bicyclic) bond motifs is 3. The van der Waals surface area contributed by atoms with Gasteiger partial charge in [0, 0.05) is 56.3 Å². The summed E-state index contributed by atoms with van der Waals surface area (Å²) in [6.07, 6.45) is 1.39. The van der Waals surface area contributed by atoms with Gasteiger partial charge in [0.05, 0.1) is 19.7 Å². The highest BCUT2D eigenvalue weighted by Crippen LogP contribution is 2.36. The maximum atomic E-state index is 13.2. The van der Waals surface area contributed by atoms with Crippen LogP contribution in [0.3, 0.4) is 0 Å². The number of carbonyl (C=O) groups is 2. The van der Waals surface area contributed by atoms with E-state index in [1.54, 1.807) is 26.4 Å². The summed E-state index contributed by atoms with van der Waals surface area (Å²) in [5.74, 6) is 1.04. The molecule has 1 atom stereocenters. The van der Waals surface area contributed by atoms with Gasteiger partial charge in [-0.3, -0.25) is 14.5 Å². The molecule has 3 heterocycles. The number of methoxy groups -OCH3 is 2. The zero-order chi connectivity index (χ0) is 28.2. The summed E-state index contributed by atoms with van der Waals surface area (Å²) in [6, 6.07) is 9.52. The number of hydrogen-bond acceptors (Lipinski definition) is 9. The van der Waals surface area contributed by atoms with Crippen LogP contribution in [-0.4, -0.2) is 85.8 Å². The second-order valence-corrected chi connectivity index (χ2v) is 10.3. The Balaban J connectivity index is 1.07. The normalized spacial score (nSPS) is 17.0. The zero-order valence-electron chi connectivity index (χ0n) is 22.6. The summed E-state index contributed by atoms with van der Waals surface area (Å²) >= 11 is 5.39. The van der Waals surface area contributed by atoms with Crippen LogP contribution in [0.5, 0.6) is 11.5 Å². The van der Waals surface area contributed by atoms with Crippen LogP contribution in [0.1, 0.15) is 24.1 Å². The topological polar surface area (TPSA) is 101 Å². The summed E-state index contributed by atoms with van der Waals surface area (Å²) in [5.41, 5.74) is 1.63. The van der Waals surface area contributed by atoms with Crippen LogP contribution in [0.25, 0.3) is 10.9 Å². The third-order valence-electron chi connectivity index (χ3n) is 7.41. The fourth-order valence-electron chi connectivity index (χ4n) is 5.22. The highest BCUT2D eigenvalue weighted by Gasteiger charge is 2.32. The van der Waals surface area contributed by atoms with Crippen molar-refractivity contribution in [2.75, 3.05) is 63.7 Å². The lowest BCUT2D eigenvalue weighted by Gasteiger charge is -2.36. The SMILES string of the molecule is COc1cc2nc(=S)n3c(c2cc1OC)N[C@H](CCC(=O)NCCCN1CCN(c2ccc(F)cc2)CC1)C3=O. The lowest BCUT2D eigenvalue weighted by molar-refractivity contribution is -0.121. The number of amides is 1. The molecule has 0 spiro atoms. The van der Waals surface area contributed by atoms with E-state index in [-0.39, 0.29) is 28.8 Å². The first kappa shape index (κ1) is 27.8. The monoisotopic (exact) mass is 568 g/mol. The standard InChI is InChI=1S/C28H33FN6O4S/c1-38-23-16-20-22(17-24(23)39-2)32-28(40)35-26(20)31-21(27(35)37)8-9-25(36)30-10-3-11-33-12-14-34(15-13-33)19-6-4-18(29)5-7-19/h4-7,16-17,21,31H,3,8-15H2,1-2H3,(H,30,36)/t21-/m1/s1. The molecule has 0 unspecified atom stereocenters. The maximum Gasteiger partial charge on any atom is 0.257 e. The van der Waals surface area contributed by atoms with E-state index in [2.05, 4.69) is 25.4 Å². The third kappa shape index (κ3) is 5.87. The number of piperazine rings is 1. The molecule has 2 aliphatic rings. The van der Waals surface area contributed by atoms with Gasteiger partial charge in [0.1, 0.15) is 17.7 Å². The van der Waals surface area contributed by atoms with Crippen molar-refractivity contribution in [2.24, 2.45) is 0 Å². The Morgan fingerprint density at radius 3 is 2.52 bits per heavy atom. The molecular formula is C28H33FN6O4S. The second kappa shape index (κ2) is 12.2. The van der Waals surface area contributed by atoms with Crippen LogP contribution in [-0.2, 0) is 4.79 Å². The first-order chi connectivity index (χ1) is 19.4. The van der Waals surface area contributed by atoms with E-state index < -0.39 is 6.04 Å². The Hall–Kier alpha value is -3.77. The van der Waals surface area contributed by atoms with E-state index >= 15 is 0 Å². The number of anilines is 2. The molecule has 2 N–H and O–H groups in total. The number of nitrogens with zero attached hydrogens (tertiary/aromatic N) is 4. The maximum absolute atomic E-state index is 13.2. The van der Waals surface area contributed by atoms with Gasteiger partial charge in [0.2, 0.25) is 10.7 Å². The highest BCUT2D eigenvalue weighted by molar-refractivity contribution is 7.71. The molecule has 212 valence electrons. The van der Waals surface area contributed by atoms with Gasteiger partial charge in [-0.25, -0.2) is 13.9 Å². The van der Waals surface area contributed by atoms with Crippen LogP contribution in [0.15, 0.2) is 36.4 Å². The zero-order valence-corrected chi connectivity index (χ0v) is 23.4. The molecule has 0 aliphatic carbocycles. The number of hydrogen-bond donors (Lipinski definition) is 2. The minimum atomic E-state index is -0.578. The van der Waals surface area contributed by atoms with E-state index in [0.29, 0.717) is 41.2 Å². The number of carbonyl (C=O) groups excluding carboxylic acids is 2. The summed E-state index contributed by atoms with van der Waals surface area (Å²) in [7, 11) is 3.09. The lowest BCUT2D eigenvalue weighted by Crippen LogP contribution is -2.47. The van der Waals surface area contributed by atoms with Crippen molar-refractivity contribution in [3.05, 3.63) is 47.0 Å². The predicted molar refractivity (Wildman–Crippen MR) is 154 cm³/mol. The lowest BCUT2D eigenvalue weighted by atomic mass is 10.1. The van der Waals surface area contributed by atoms with E-state index in [1.165, 1.54) is 16.7 Å². The van der Waals surface area contributed by atoms with Gasteiger partial charge < -0.3 is 25.0 Å². The highest BCUT2D eigenvalue weighted by atomic mass is 32.1. The average molecular weight is 569 g/mol. The Kier molecular flexibility index (Phi) is 8.46. The first-order valence-electron chi connectivity index (χ1n) is 13.4. The van der Waals surface area contributed by atoms with Crippen molar-refractivity contribution in [3.63, 3.8) is 0 Å². The molecule has 1 aromatic heterocycles. The molecule has 0 bridgehead atoms. The number of rotatable bonds is 10. The van der Waals surface area contributed by atoms with Crippen LogP contribution < -0.4 is 25.0 Å². The summed E-state index contributed by atoms with van der Waals surface area (Å²) in [6.45, 7) is 5.08. The van der Waals surface area contributed by atoms with Crippen LogP contribution in [0, 0.1) is 10.6 Å². The smallest absolute Gasteiger partial charge is 0.257 e. The van der Waals surface area contributed by atoms with Crippen LogP contribution >= 0.6 is 12.2 Å². The summed E-state index contributed by atoms with van der Waals surface area (Å²) < 4.78 is 25.5. The second-order valence-electron chi connectivity index (χ2n) is 9.89. The fourth-order valence-corrected chi connectivity index (χ4v) is 5.50. The summed E-state index contributed by atoms with van der Waals surface area (Å²) in [4.78, 5) is 34.7. The third-order valence-corrected chi connectivity index (χ3v) is 7.69. The van der Waals surface area contributed by atoms with E-state index in [1.807, 2.05) is 12.1 Å². The fraction of sp³-hybridized carbons (Fsp3) is 0.429. The number of nitrogens with one attached hydrogen (secondary N) is 2. The molecule has 1 saturated heterocycles. The van der Waals surface area contributed by atoms with Gasteiger partial charge in [-0.2, -0.15) is 0 Å². The van der Waals surface area contributed by atoms with Gasteiger partial charge in [-0.1, -0.05) is 0 Å². The number of benzene rings is 2. The molecule has 0 saturated carbocycles. The van der Waals surface area contributed by atoms with Crippen molar-refractivity contribution in [3.8, 4) is 11.5 Å². The molecule has 40 heavy (non-hydrogen) atoms. The summed E-state index contributed by atoms with van der Waals surface area (Å²) in [5, 5.41) is 6.90. The van der Waals surface area contributed by atoms with Crippen molar-refractivity contribution < 1.29 is 23.5 Å². The average Bonchev–Trinajstić information content (AvgIpc) is 3.31. The number of halogens is 1. The Morgan fingerprint density at radius 1 is 1.12 bits per heavy atom. The van der Waals surface area contributed by atoms with E-state index in [9.17, 15) is 14.0 Å². The van der Waals surface area contributed by atoms with Gasteiger partial charge in [0.15, 0.2) is 11.5 Å². The molecule has 0 radical (unpaired) electrons. The predicted octanol–water partition coefficient (Wildman–Crippen LogP) is 3.47. The van der Waals surface area contributed by atoms with Crippen LogP contribution in [0.2, 0.25) is 0 Å². The number of ether oxygens (including phenoxy) is 2. The largest absolute Gasteiger partial charge is 0.493 e. The quantitative estimate of drug-likeness (QED) is 0.281. The van der Waals surface area contributed by atoms with Gasteiger partial charge in [-0.05, 0) is 61.9 Å². The molecule has 2 aliphatic heterocycles. The Morgan fingerprint density at radius 2 is 1.82 bits per heavy atom. The van der Waals surface area contributed by atoms with Crippen molar-refractivity contribution in [1.29, 1.82) is 0 Å². The van der Waals surface area contributed by atoms with Crippen LogP contribution in [0.4, 0.5) is 15.9 Å². The number of aromatic nitrogens is 2. The molecule has 12 heteroatoms. The minimum absolute atomic E-state index is 0.0929. The van der Waals surface area contributed by atoms with E-state index in [0.717, 1.165) is 44.8 Å². The van der Waals surface area contributed by atoms with Crippen molar-refractivity contribution in [2.45, 2.75) is 25.3 Å². The molecule has 1 amide bonds. The molecule has 3 aromatic rings. The van der Waals surface area contributed by atoms with E-state index in [4.69, 9.17) is 21.7 Å². The van der Waals surface area contributed by atoms with Crippen molar-refractivity contribution in [1.82, 2.24) is 19.8 Å².